The van der Waals surface area contributed by atoms with Crippen molar-refractivity contribution in [2.75, 3.05) is 24.6 Å². The molecule has 0 bridgehead atoms. The van der Waals surface area contributed by atoms with E-state index in [-0.39, 0.29) is 11.1 Å². The standard InChI is InChI=1S/C14H19ClFNOS/c1-2-19-9-13(10-6-7-17-8-10)18-12-5-3-4-11(16)14(12)15/h3-5,10,13,17H,2,6-9H2,1H3/t10?,13-/m0/s1. The highest BCUT2D eigenvalue weighted by Gasteiger charge is 2.27. The lowest BCUT2D eigenvalue weighted by Gasteiger charge is -2.24. The molecule has 19 heavy (non-hydrogen) atoms. The number of halogens is 2. The first-order chi connectivity index (χ1) is 9.22. The SMILES string of the molecule is CCSC[C@H](Oc1cccc(F)c1Cl)C1CCNC1. The summed E-state index contributed by atoms with van der Waals surface area (Å²) in [7, 11) is 0. The molecule has 0 aliphatic carbocycles. The third-order valence-electron chi connectivity index (χ3n) is 3.30. The van der Waals surface area contributed by atoms with E-state index in [2.05, 4.69) is 12.2 Å². The van der Waals surface area contributed by atoms with E-state index in [0.717, 1.165) is 31.0 Å². The maximum absolute atomic E-state index is 13.4. The summed E-state index contributed by atoms with van der Waals surface area (Å²) in [5.74, 6) is 2.46. The molecular weight excluding hydrogens is 285 g/mol. The van der Waals surface area contributed by atoms with E-state index in [0.29, 0.717) is 11.7 Å². The van der Waals surface area contributed by atoms with Gasteiger partial charge >= 0.3 is 0 Å². The molecule has 1 aliphatic rings. The molecule has 1 aromatic carbocycles. The fourth-order valence-corrected chi connectivity index (χ4v) is 3.21. The van der Waals surface area contributed by atoms with Gasteiger partial charge in [-0.25, -0.2) is 4.39 Å². The summed E-state index contributed by atoms with van der Waals surface area (Å²) < 4.78 is 19.4. The van der Waals surface area contributed by atoms with Crippen molar-refractivity contribution in [2.45, 2.75) is 19.4 Å². The van der Waals surface area contributed by atoms with Crippen LogP contribution in [-0.2, 0) is 0 Å². The second-order valence-electron chi connectivity index (χ2n) is 4.62. The first-order valence-electron chi connectivity index (χ1n) is 6.61. The van der Waals surface area contributed by atoms with E-state index in [9.17, 15) is 4.39 Å². The van der Waals surface area contributed by atoms with Gasteiger partial charge in [0.15, 0.2) is 0 Å². The molecule has 0 aromatic heterocycles. The number of thioether (sulfide) groups is 1. The lowest BCUT2D eigenvalue weighted by molar-refractivity contribution is 0.165. The van der Waals surface area contributed by atoms with E-state index in [1.165, 1.54) is 6.07 Å². The molecule has 1 heterocycles. The van der Waals surface area contributed by atoms with E-state index in [4.69, 9.17) is 16.3 Å². The molecule has 1 aliphatic heterocycles. The monoisotopic (exact) mass is 303 g/mol. The first-order valence-corrected chi connectivity index (χ1v) is 8.14. The van der Waals surface area contributed by atoms with Gasteiger partial charge in [0.1, 0.15) is 22.7 Å². The van der Waals surface area contributed by atoms with Crippen LogP contribution in [0.15, 0.2) is 18.2 Å². The van der Waals surface area contributed by atoms with Crippen LogP contribution in [0.25, 0.3) is 0 Å². The van der Waals surface area contributed by atoms with Crippen molar-refractivity contribution in [3.8, 4) is 5.75 Å². The van der Waals surface area contributed by atoms with Gasteiger partial charge in [-0.15, -0.1) is 0 Å². The van der Waals surface area contributed by atoms with Crippen molar-refractivity contribution < 1.29 is 9.13 Å². The van der Waals surface area contributed by atoms with Gasteiger partial charge < -0.3 is 10.1 Å². The molecule has 2 atom stereocenters. The van der Waals surface area contributed by atoms with Crippen molar-refractivity contribution in [1.29, 1.82) is 0 Å². The highest BCUT2D eigenvalue weighted by atomic mass is 35.5. The zero-order valence-electron chi connectivity index (χ0n) is 11.0. The van der Waals surface area contributed by atoms with Crippen LogP contribution in [0.2, 0.25) is 5.02 Å². The largest absolute Gasteiger partial charge is 0.488 e. The predicted molar refractivity (Wildman–Crippen MR) is 79.8 cm³/mol. The molecule has 1 aromatic rings. The van der Waals surface area contributed by atoms with Gasteiger partial charge in [0.05, 0.1) is 0 Å². The third-order valence-corrected chi connectivity index (χ3v) is 4.64. The second kappa shape index (κ2) is 7.36. The van der Waals surface area contributed by atoms with Crippen LogP contribution in [0.4, 0.5) is 4.39 Å². The Balaban J connectivity index is 2.07. The van der Waals surface area contributed by atoms with E-state index in [1.54, 1.807) is 12.1 Å². The topological polar surface area (TPSA) is 21.3 Å². The Morgan fingerprint density at radius 3 is 3.11 bits per heavy atom. The minimum atomic E-state index is -0.425. The van der Waals surface area contributed by atoms with E-state index in [1.807, 2.05) is 11.8 Å². The van der Waals surface area contributed by atoms with Gasteiger partial charge in [-0.2, -0.15) is 11.8 Å². The van der Waals surface area contributed by atoms with Crippen LogP contribution in [0.5, 0.6) is 5.75 Å². The minimum absolute atomic E-state index is 0.0826. The van der Waals surface area contributed by atoms with E-state index >= 15 is 0 Å². The molecule has 1 saturated heterocycles. The number of hydrogen-bond acceptors (Lipinski definition) is 3. The Morgan fingerprint density at radius 2 is 2.42 bits per heavy atom. The van der Waals surface area contributed by atoms with Crippen LogP contribution < -0.4 is 10.1 Å². The van der Waals surface area contributed by atoms with Crippen molar-refractivity contribution in [3.63, 3.8) is 0 Å². The smallest absolute Gasteiger partial charge is 0.145 e. The zero-order valence-corrected chi connectivity index (χ0v) is 12.6. The van der Waals surface area contributed by atoms with Crippen molar-refractivity contribution in [2.24, 2.45) is 5.92 Å². The highest BCUT2D eigenvalue weighted by molar-refractivity contribution is 7.99. The summed E-state index contributed by atoms with van der Waals surface area (Å²) >= 11 is 7.80. The summed E-state index contributed by atoms with van der Waals surface area (Å²) in [5, 5.41) is 3.43. The molecule has 1 unspecified atom stereocenters. The fraction of sp³-hybridized carbons (Fsp3) is 0.571. The van der Waals surface area contributed by atoms with Crippen molar-refractivity contribution >= 4 is 23.4 Å². The summed E-state index contributed by atoms with van der Waals surface area (Å²) in [6.45, 7) is 4.11. The summed E-state index contributed by atoms with van der Waals surface area (Å²) in [6.07, 6.45) is 1.18. The fourth-order valence-electron chi connectivity index (χ4n) is 2.23. The summed E-state index contributed by atoms with van der Waals surface area (Å²) in [5.41, 5.74) is 0. The average Bonchev–Trinajstić information content (AvgIpc) is 2.93. The number of benzene rings is 1. The van der Waals surface area contributed by atoms with Gasteiger partial charge in [-0.3, -0.25) is 0 Å². The molecule has 5 heteroatoms. The zero-order chi connectivity index (χ0) is 13.7. The highest BCUT2D eigenvalue weighted by Crippen LogP contribution is 2.30. The minimum Gasteiger partial charge on any atom is -0.488 e. The quantitative estimate of drug-likeness (QED) is 0.868. The Bertz CT molecular complexity index is 412. The summed E-state index contributed by atoms with van der Waals surface area (Å²) in [4.78, 5) is 0. The lowest BCUT2D eigenvalue weighted by atomic mass is 10.0. The molecular formula is C14H19ClFNOS. The summed E-state index contributed by atoms with van der Waals surface area (Å²) in [6, 6.07) is 4.72. The van der Waals surface area contributed by atoms with Crippen LogP contribution in [0.3, 0.4) is 0 Å². The maximum Gasteiger partial charge on any atom is 0.145 e. The molecule has 2 nitrogen and oxygen atoms in total. The molecule has 106 valence electrons. The van der Waals surface area contributed by atoms with Gasteiger partial charge in [-0.05, 0) is 30.9 Å². The lowest BCUT2D eigenvalue weighted by Crippen LogP contribution is -2.31. The Morgan fingerprint density at radius 1 is 1.58 bits per heavy atom. The van der Waals surface area contributed by atoms with Crippen LogP contribution in [0, 0.1) is 11.7 Å². The number of ether oxygens (including phenoxy) is 1. The maximum atomic E-state index is 13.4. The average molecular weight is 304 g/mol. The number of hydrogen-bond donors (Lipinski definition) is 1. The van der Waals surface area contributed by atoms with E-state index < -0.39 is 5.82 Å². The van der Waals surface area contributed by atoms with Crippen molar-refractivity contribution in [3.05, 3.63) is 29.0 Å². The molecule has 0 amide bonds. The van der Waals surface area contributed by atoms with Crippen molar-refractivity contribution in [1.82, 2.24) is 5.32 Å². The van der Waals surface area contributed by atoms with Crippen LogP contribution in [0.1, 0.15) is 13.3 Å². The number of nitrogens with one attached hydrogen (secondary N) is 1. The predicted octanol–water partition coefficient (Wildman–Crippen LogP) is 3.59. The van der Waals surface area contributed by atoms with Gasteiger partial charge in [0.25, 0.3) is 0 Å². The first kappa shape index (κ1) is 14.9. The second-order valence-corrected chi connectivity index (χ2v) is 6.32. The molecule has 1 fully saturated rings. The van der Waals surface area contributed by atoms with Gasteiger partial charge in [-0.1, -0.05) is 24.6 Å². The van der Waals surface area contributed by atoms with Crippen LogP contribution in [-0.4, -0.2) is 30.7 Å². The number of rotatable bonds is 6. The molecule has 0 radical (unpaired) electrons. The molecule has 1 N–H and O–H groups in total. The van der Waals surface area contributed by atoms with Gasteiger partial charge in [0.2, 0.25) is 0 Å². The Labute approximate surface area is 123 Å². The third kappa shape index (κ3) is 4.01. The Kier molecular flexibility index (Phi) is 5.79. The molecule has 2 rings (SSSR count). The van der Waals surface area contributed by atoms with Gasteiger partial charge in [0, 0.05) is 18.2 Å². The Hall–Kier alpha value is -0.450. The molecule has 0 spiro atoms. The molecule has 0 saturated carbocycles. The normalized spacial score (nSPS) is 20.5. The van der Waals surface area contributed by atoms with Crippen LogP contribution >= 0.6 is 23.4 Å².